The number of hydrogen-bond donors (Lipinski definition) is 0. The molecule has 1 saturated heterocycles. The lowest BCUT2D eigenvalue weighted by molar-refractivity contribution is 0.0321. The molecular formula is C18H20FNO3S. The third kappa shape index (κ3) is 4.01. The Morgan fingerprint density at radius 3 is 2.50 bits per heavy atom. The Hall–Kier alpha value is -1.76. The first-order chi connectivity index (χ1) is 11.6. The summed E-state index contributed by atoms with van der Waals surface area (Å²) < 4.78 is 45.7. The van der Waals surface area contributed by atoms with E-state index >= 15 is 0 Å². The Morgan fingerprint density at radius 2 is 1.79 bits per heavy atom. The van der Waals surface area contributed by atoms with Gasteiger partial charge in [0.1, 0.15) is 5.82 Å². The van der Waals surface area contributed by atoms with Crippen LogP contribution in [0.2, 0.25) is 0 Å². The first kappa shape index (κ1) is 17.1. The largest absolute Gasteiger partial charge is 0.378 e. The second-order valence-electron chi connectivity index (χ2n) is 5.80. The maximum atomic E-state index is 13.1. The number of morpholine rings is 1. The molecule has 4 nitrogen and oxygen atoms in total. The molecule has 2 aromatic rings. The van der Waals surface area contributed by atoms with Gasteiger partial charge in [0.2, 0.25) is 10.0 Å². The van der Waals surface area contributed by atoms with Crippen molar-refractivity contribution in [1.82, 2.24) is 4.31 Å². The van der Waals surface area contributed by atoms with Crippen molar-refractivity contribution in [2.45, 2.75) is 12.5 Å². The monoisotopic (exact) mass is 349 g/mol. The average Bonchev–Trinajstić information content (AvgIpc) is 2.62. The Kier molecular flexibility index (Phi) is 5.28. The van der Waals surface area contributed by atoms with Gasteiger partial charge in [-0.2, -0.15) is 4.31 Å². The number of aryl methyl sites for hydroxylation is 1. The van der Waals surface area contributed by atoms with Crippen LogP contribution in [0.1, 0.15) is 17.2 Å². The van der Waals surface area contributed by atoms with Crippen molar-refractivity contribution in [3.05, 3.63) is 71.5 Å². The third-order valence-electron chi connectivity index (χ3n) is 4.18. The fourth-order valence-electron chi connectivity index (χ4n) is 2.88. The molecule has 2 aromatic carbocycles. The van der Waals surface area contributed by atoms with E-state index in [9.17, 15) is 12.8 Å². The van der Waals surface area contributed by atoms with E-state index in [0.29, 0.717) is 19.6 Å². The van der Waals surface area contributed by atoms with E-state index in [2.05, 4.69) is 0 Å². The molecule has 24 heavy (non-hydrogen) atoms. The van der Waals surface area contributed by atoms with Gasteiger partial charge in [0.15, 0.2) is 0 Å². The zero-order chi connectivity index (χ0) is 17.0. The van der Waals surface area contributed by atoms with E-state index in [1.54, 1.807) is 12.1 Å². The lowest BCUT2D eigenvalue weighted by Gasteiger charge is -2.35. The van der Waals surface area contributed by atoms with Gasteiger partial charge in [-0.15, -0.1) is 0 Å². The van der Waals surface area contributed by atoms with Crippen LogP contribution in [0.4, 0.5) is 4.39 Å². The quantitative estimate of drug-likeness (QED) is 0.834. The molecule has 1 atom stereocenters. The SMILES string of the molecule is O=S(=O)(CCc1ccccc1)N1CCOCC1c1ccc(F)cc1. The number of ether oxygens (including phenoxy) is 1. The molecule has 0 spiro atoms. The number of sulfonamides is 1. The molecule has 1 unspecified atom stereocenters. The van der Waals surface area contributed by atoms with Gasteiger partial charge in [-0.25, -0.2) is 12.8 Å². The molecule has 1 fully saturated rings. The minimum absolute atomic E-state index is 0.0503. The van der Waals surface area contributed by atoms with Gasteiger partial charge >= 0.3 is 0 Å². The van der Waals surface area contributed by atoms with Crippen LogP contribution in [0.25, 0.3) is 0 Å². The van der Waals surface area contributed by atoms with Gasteiger partial charge in [-0.3, -0.25) is 0 Å². The molecule has 0 saturated carbocycles. The van der Waals surface area contributed by atoms with Crippen LogP contribution in [0.15, 0.2) is 54.6 Å². The average molecular weight is 349 g/mol. The van der Waals surface area contributed by atoms with E-state index in [-0.39, 0.29) is 18.2 Å². The first-order valence-corrected chi connectivity index (χ1v) is 9.54. The standard InChI is InChI=1S/C18H20FNO3S/c19-17-8-6-16(7-9-17)18-14-23-12-11-20(18)24(21,22)13-10-15-4-2-1-3-5-15/h1-9,18H,10-14H2. The molecule has 0 N–H and O–H groups in total. The predicted molar refractivity (Wildman–Crippen MR) is 90.6 cm³/mol. The number of rotatable bonds is 5. The lowest BCUT2D eigenvalue weighted by Crippen LogP contribution is -2.44. The predicted octanol–water partition coefficient (Wildman–Crippen LogP) is 2.77. The summed E-state index contributed by atoms with van der Waals surface area (Å²) in [5.41, 5.74) is 1.74. The number of hydrogen-bond acceptors (Lipinski definition) is 3. The summed E-state index contributed by atoms with van der Waals surface area (Å²) in [6, 6.07) is 15.1. The van der Waals surface area contributed by atoms with Crippen molar-refractivity contribution in [2.24, 2.45) is 0 Å². The van der Waals surface area contributed by atoms with Crippen LogP contribution in [-0.4, -0.2) is 38.2 Å². The van der Waals surface area contributed by atoms with E-state index in [1.165, 1.54) is 16.4 Å². The second-order valence-corrected chi connectivity index (χ2v) is 7.85. The van der Waals surface area contributed by atoms with Gasteiger partial charge in [-0.1, -0.05) is 42.5 Å². The normalized spacial score (nSPS) is 19.3. The molecule has 1 heterocycles. The highest BCUT2D eigenvalue weighted by Crippen LogP contribution is 2.27. The van der Waals surface area contributed by atoms with Gasteiger partial charge in [0.05, 0.1) is 25.0 Å². The molecule has 0 amide bonds. The highest BCUT2D eigenvalue weighted by molar-refractivity contribution is 7.89. The topological polar surface area (TPSA) is 46.6 Å². The zero-order valence-electron chi connectivity index (χ0n) is 13.3. The van der Waals surface area contributed by atoms with Crippen molar-refractivity contribution in [3.63, 3.8) is 0 Å². The summed E-state index contributed by atoms with van der Waals surface area (Å²) >= 11 is 0. The highest BCUT2D eigenvalue weighted by atomic mass is 32.2. The Bertz CT molecular complexity index is 763. The molecule has 0 bridgehead atoms. The maximum Gasteiger partial charge on any atom is 0.215 e. The molecule has 0 aromatic heterocycles. The summed E-state index contributed by atoms with van der Waals surface area (Å²) in [7, 11) is -3.43. The fraction of sp³-hybridized carbons (Fsp3) is 0.333. The molecule has 3 rings (SSSR count). The van der Waals surface area contributed by atoms with E-state index in [0.717, 1.165) is 11.1 Å². The summed E-state index contributed by atoms with van der Waals surface area (Å²) in [5.74, 6) is -0.289. The van der Waals surface area contributed by atoms with E-state index < -0.39 is 16.1 Å². The summed E-state index contributed by atoms with van der Waals surface area (Å²) in [5, 5.41) is 0. The number of nitrogens with zero attached hydrogens (tertiary/aromatic N) is 1. The molecule has 0 aliphatic carbocycles. The minimum atomic E-state index is -3.43. The molecule has 0 radical (unpaired) electrons. The number of benzene rings is 2. The van der Waals surface area contributed by atoms with Crippen LogP contribution in [0.5, 0.6) is 0 Å². The van der Waals surface area contributed by atoms with Crippen LogP contribution in [0.3, 0.4) is 0 Å². The lowest BCUT2D eigenvalue weighted by atomic mass is 10.1. The molecule has 128 valence electrons. The molecule has 1 aliphatic rings. The minimum Gasteiger partial charge on any atom is -0.378 e. The maximum absolute atomic E-state index is 13.1. The van der Waals surface area contributed by atoms with Crippen molar-refractivity contribution >= 4 is 10.0 Å². The zero-order valence-corrected chi connectivity index (χ0v) is 14.1. The summed E-state index contributed by atoms with van der Waals surface area (Å²) in [6.45, 7) is 0.984. The highest BCUT2D eigenvalue weighted by Gasteiger charge is 2.33. The van der Waals surface area contributed by atoms with Gasteiger partial charge in [0.25, 0.3) is 0 Å². The summed E-state index contributed by atoms with van der Waals surface area (Å²) in [4.78, 5) is 0. The van der Waals surface area contributed by atoms with Crippen LogP contribution >= 0.6 is 0 Å². The molecule has 6 heteroatoms. The van der Waals surface area contributed by atoms with Crippen LogP contribution < -0.4 is 0 Å². The molecular weight excluding hydrogens is 329 g/mol. The van der Waals surface area contributed by atoms with Crippen molar-refractivity contribution < 1.29 is 17.5 Å². The number of halogens is 1. The van der Waals surface area contributed by atoms with Gasteiger partial charge < -0.3 is 4.74 Å². The van der Waals surface area contributed by atoms with Gasteiger partial charge in [0, 0.05) is 6.54 Å². The van der Waals surface area contributed by atoms with Crippen LogP contribution in [-0.2, 0) is 21.2 Å². The van der Waals surface area contributed by atoms with Gasteiger partial charge in [-0.05, 0) is 29.7 Å². The second kappa shape index (κ2) is 7.42. The van der Waals surface area contributed by atoms with E-state index in [4.69, 9.17) is 4.74 Å². The van der Waals surface area contributed by atoms with Crippen molar-refractivity contribution in [3.8, 4) is 0 Å². The Labute approximate surface area is 141 Å². The summed E-state index contributed by atoms with van der Waals surface area (Å²) in [6.07, 6.45) is 0.469. The molecule has 1 aliphatic heterocycles. The van der Waals surface area contributed by atoms with Crippen molar-refractivity contribution in [2.75, 3.05) is 25.5 Å². The fourth-order valence-corrected chi connectivity index (χ4v) is 4.53. The van der Waals surface area contributed by atoms with Crippen molar-refractivity contribution in [1.29, 1.82) is 0 Å². The van der Waals surface area contributed by atoms with E-state index in [1.807, 2.05) is 30.3 Å². The first-order valence-electron chi connectivity index (χ1n) is 7.93. The smallest absolute Gasteiger partial charge is 0.215 e. The Morgan fingerprint density at radius 1 is 1.08 bits per heavy atom. The third-order valence-corrected chi connectivity index (χ3v) is 6.05. The van der Waals surface area contributed by atoms with Crippen LogP contribution in [0, 0.1) is 5.82 Å². The Balaban J connectivity index is 1.77.